The van der Waals surface area contributed by atoms with Gasteiger partial charge in [-0.1, -0.05) is 12.1 Å². The van der Waals surface area contributed by atoms with E-state index in [9.17, 15) is 0 Å². The number of aryl methyl sites for hydroxylation is 2. The van der Waals surface area contributed by atoms with Crippen LogP contribution in [-0.4, -0.2) is 20.4 Å². The van der Waals surface area contributed by atoms with Crippen LogP contribution in [0.1, 0.15) is 11.4 Å². The van der Waals surface area contributed by atoms with Crippen LogP contribution in [0.5, 0.6) is 0 Å². The van der Waals surface area contributed by atoms with Crippen LogP contribution in [-0.2, 0) is 6.42 Å². The van der Waals surface area contributed by atoms with Crippen molar-refractivity contribution in [2.24, 2.45) is 0 Å². The molecule has 3 aromatic rings. The van der Waals surface area contributed by atoms with Crippen LogP contribution in [0.4, 0.5) is 0 Å². The smallest absolute Gasteiger partial charge is 0.164 e. The lowest BCUT2D eigenvalue weighted by Gasteiger charge is -2.11. The standard InChI is InChI=1S/C15H13BrClN3/c1-10-4-2-6-12(14(10)16)20-13(7-8-17)19-11-5-3-9-18-15(11)20/h2-6,9H,7-8H2,1H3. The molecule has 3 rings (SSSR count). The summed E-state index contributed by atoms with van der Waals surface area (Å²) in [6, 6.07) is 10.0. The lowest BCUT2D eigenvalue weighted by molar-refractivity contribution is 0.901. The van der Waals surface area contributed by atoms with E-state index >= 15 is 0 Å². The molecule has 2 heterocycles. The van der Waals surface area contributed by atoms with E-state index in [1.54, 1.807) is 6.20 Å². The third-order valence-corrected chi connectivity index (χ3v) is 4.44. The molecule has 0 N–H and O–H groups in total. The van der Waals surface area contributed by atoms with Gasteiger partial charge in [0.1, 0.15) is 11.3 Å². The topological polar surface area (TPSA) is 30.7 Å². The van der Waals surface area contributed by atoms with Gasteiger partial charge in [0, 0.05) is 23.0 Å². The zero-order valence-electron chi connectivity index (χ0n) is 11.0. The van der Waals surface area contributed by atoms with Crippen molar-refractivity contribution in [3.63, 3.8) is 0 Å². The van der Waals surface area contributed by atoms with Crippen molar-refractivity contribution in [3.8, 4) is 5.69 Å². The van der Waals surface area contributed by atoms with E-state index in [1.807, 2.05) is 18.2 Å². The van der Waals surface area contributed by atoms with Gasteiger partial charge in [-0.25, -0.2) is 9.97 Å². The highest BCUT2D eigenvalue weighted by Crippen LogP contribution is 2.28. The molecule has 0 atom stereocenters. The molecule has 0 aliphatic rings. The Kier molecular flexibility index (Phi) is 3.76. The number of fused-ring (bicyclic) bond motifs is 1. The van der Waals surface area contributed by atoms with Crippen LogP contribution >= 0.6 is 27.5 Å². The van der Waals surface area contributed by atoms with Gasteiger partial charge in [0.2, 0.25) is 0 Å². The summed E-state index contributed by atoms with van der Waals surface area (Å²) in [6.07, 6.45) is 2.49. The largest absolute Gasteiger partial charge is 0.280 e. The van der Waals surface area contributed by atoms with Crippen LogP contribution in [0, 0.1) is 6.92 Å². The fourth-order valence-electron chi connectivity index (χ4n) is 2.27. The molecule has 1 aromatic carbocycles. The average molecular weight is 351 g/mol. The summed E-state index contributed by atoms with van der Waals surface area (Å²) in [5, 5.41) is 0. The number of imidazole rings is 1. The Morgan fingerprint density at radius 1 is 1.25 bits per heavy atom. The fourth-order valence-corrected chi connectivity index (χ4v) is 2.88. The Morgan fingerprint density at radius 2 is 2.10 bits per heavy atom. The number of hydrogen-bond donors (Lipinski definition) is 0. The first kappa shape index (κ1) is 13.6. The van der Waals surface area contributed by atoms with Gasteiger partial charge in [-0.15, -0.1) is 11.6 Å². The molecule has 3 nitrogen and oxygen atoms in total. The van der Waals surface area contributed by atoms with E-state index < -0.39 is 0 Å². The minimum absolute atomic E-state index is 0.534. The molecule has 0 amide bonds. The van der Waals surface area contributed by atoms with Gasteiger partial charge in [-0.3, -0.25) is 4.57 Å². The first-order valence-electron chi connectivity index (χ1n) is 6.36. The van der Waals surface area contributed by atoms with Gasteiger partial charge in [-0.05, 0) is 46.6 Å². The quantitative estimate of drug-likeness (QED) is 0.660. The molecule has 0 saturated carbocycles. The van der Waals surface area contributed by atoms with E-state index in [1.165, 1.54) is 5.56 Å². The molecule has 0 bridgehead atoms. The number of benzene rings is 1. The van der Waals surface area contributed by atoms with Crippen LogP contribution in [0.2, 0.25) is 0 Å². The third-order valence-electron chi connectivity index (χ3n) is 3.22. The summed E-state index contributed by atoms with van der Waals surface area (Å²) < 4.78 is 3.13. The van der Waals surface area contributed by atoms with Crippen LogP contribution in [0.3, 0.4) is 0 Å². The molecular formula is C15H13BrClN3. The van der Waals surface area contributed by atoms with Crippen molar-refractivity contribution in [2.45, 2.75) is 13.3 Å². The maximum atomic E-state index is 5.91. The summed E-state index contributed by atoms with van der Waals surface area (Å²) in [5.74, 6) is 1.47. The second-order valence-corrected chi connectivity index (χ2v) is 5.73. The van der Waals surface area contributed by atoms with Gasteiger partial charge in [0.25, 0.3) is 0 Å². The van der Waals surface area contributed by atoms with Crippen LogP contribution in [0.25, 0.3) is 16.9 Å². The van der Waals surface area contributed by atoms with Crippen molar-refractivity contribution in [1.82, 2.24) is 14.5 Å². The fraction of sp³-hybridized carbons (Fsp3) is 0.200. The molecular weight excluding hydrogens is 338 g/mol. The van der Waals surface area contributed by atoms with Crippen molar-refractivity contribution < 1.29 is 0 Å². The highest BCUT2D eigenvalue weighted by Gasteiger charge is 2.15. The Labute approximate surface area is 130 Å². The van der Waals surface area contributed by atoms with Crippen molar-refractivity contribution >= 4 is 38.7 Å². The summed E-state index contributed by atoms with van der Waals surface area (Å²) >= 11 is 9.57. The Bertz CT molecular complexity index is 767. The van der Waals surface area contributed by atoms with Crippen molar-refractivity contribution in [3.05, 3.63) is 52.4 Å². The van der Waals surface area contributed by atoms with Crippen molar-refractivity contribution in [1.29, 1.82) is 0 Å². The summed E-state index contributed by atoms with van der Waals surface area (Å²) in [4.78, 5) is 9.11. The predicted molar refractivity (Wildman–Crippen MR) is 85.7 cm³/mol. The number of alkyl halides is 1. The molecule has 5 heteroatoms. The van der Waals surface area contributed by atoms with Crippen molar-refractivity contribution in [2.75, 3.05) is 5.88 Å². The monoisotopic (exact) mass is 349 g/mol. The molecule has 0 unspecified atom stereocenters. The lowest BCUT2D eigenvalue weighted by Crippen LogP contribution is -2.04. The Morgan fingerprint density at radius 3 is 2.90 bits per heavy atom. The lowest BCUT2D eigenvalue weighted by atomic mass is 10.2. The number of nitrogens with zero attached hydrogens (tertiary/aromatic N) is 3. The Balaban J connectivity index is 2.33. The third kappa shape index (κ3) is 2.23. The predicted octanol–water partition coefficient (Wildman–Crippen LogP) is 4.27. The Hall–Kier alpha value is -1.39. The van der Waals surface area contributed by atoms with Crippen LogP contribution < -0.4 is 0 Å². The van der Waals surface area contributed by atoms with E-state index in [-0.39, 0.29) is 0 Å². The van der Waals surface area contributed by atoms with Gasteiger partial charge in [0.05, 0.1) is 5.69 Å². The number of rotatable bonds is 3. The number of halogens is 2. The average Bonchev–Trinajstić information content (AvgIpc) is 2.80. The van der Waals surface area contributed by atoms with E-state index in [0.29, 0.717) is 12.3 Å². The highest BCUT2D eigenvalue weighted by atomic mass is 79.9. The second kappa shape index (κ2) is 5.54. The second-order valence-electron chi connectivity index (χ2n) is 4.56. The summed E-state index contributed by atoms with van der Waals surface area (Å²) in [7, 11) is 0. The maximum absolute atomic E-state index is 5.91. The van der Waals surface area contributed by atoms with E-state index in [0.717, 1.165) is 27.1 Å². The minimum Gasteiger partial charge on any atom is -0.280 e. The molecule has 0 aliphatic heterocycles. The zero-order valence-corrected chi connectivity index (χ0v) is 13.3. The summed E-state index contributed by atoms with van der Waals surface area (Å²) in [5.41, 5.74) is 3.98. The van der Waals surface area contributed by atoms with Gasteiger partial charge >= 0.3 is 0 Å². The molecule has 0 radical (unpaired) electrons. The maximum Gasteiger partial charge on any atom is 0.164 e. The SMILES string of the molecule is Cc1cccc(-n2c(CCCl)nc3cccnc32)c1Br. The molecule has 0 aliphatic carbocycles. The number of hydrogen-bond acceptors (Lipinski definition) is 2. The summed E-state index contributed by atoms with van der Waals surface area (Å²) in [6.45, 7) is 2.07. The van der Waals surface area contributed by atoms with Crippen LogP contribution in [0.15, 0.2) is 41.0 Å². The molecule has 20 heavy (non-hydrogen) atoms. The van der Waals surface area contributed by atoms with Gasteiger partial charge < -0.3 is 0 Å². The number of aromatic nitrogens is 3. The molecule has 0 spiro atoms. The molecule has 0 fully saturated rings. The molecule has 102 valence electrons. The molecule has 2 aromatic heterocycles. The number of pyridine rings is 1. The van der Waals surface area contributed by atoms with E-state index in [4.69, 9.17) is 11.6 Å². The molecule has 0 saturated heterocycles. The minimum atomic E-state index is 0.534. The highest BCUT2D eigenvalue weighted by molar-refractivity contribution is 9.10. The first-order valence-corrected chi connectivity index (χ1v) is 7.69. The van der Waals surface area contributed by atoms with Gasteiger partial charge in [0.15, 0.2) is 5.65 Å². The first-order chi connectivity index (χ1) is 9.72. The zero-order chi connectivity index (χ0) is 14.1. The normalized spacial score (nSPS) is 11.2. The van der Waals surface area contributed by atoms with Gasteiger partial charge in [-0.2, -0.15) is 0 Å². The van der Waals surface area contributed by atoms with E-state index in [2.05, 4.69) is 49.5 Å².